The minimum atomic E-state index is -4.56. The number of carbonyl (C=O) groups is 2. The van der Waals surface area contributed by atoms with Crippen LogP contribution in [0.25, 0.3) is 27.7 Å². The van der Waals surface area contributed by atoms with Crippen LogP contribution in [0.5, 0.6) is 0 Å². The molecular formula is C26H20F3N7O2. The molecule has 0 bridgehead atoms. The predicted octanol–water partition coefficient (Wildman–Crippen LogP) is 4.04. The van der Waals surface area contributed by atoms with Gasteiger partial charge in [-0.3, -0.25) is 9.59 Å². The van der Waals surface area contributed by atoms with Gasteiger partial charge in [0, 0.05) is 23.9 Å². The van der Waals surface area contributed by atoms with Gasteiger partial charge in [0.2, 0.25) is 5.91 Å². The van der Waals surface area contributed by atoms with Gasteiger partial charge in [-0.2, -0.15) is 13.2 Å². The zero-order chi connectivity index (χ0) is 27.2. The van der Waals surface area contributed by atoms with Crippen LogP contribution < -0.4 is 16.4 Å². The Morgan fingerprint density at radius 1 is 1.13 bits per heavy atom. The van der Waals surface area contributed by atoms with Crippen LogP contribution in [-0.4, -0.2) is 37.4 Å². The van der Waals surface area contributed by atoms with E-state index in [1.54, 1.807) is 12.1 Å². The van der Waals surface area contributed by atoms with Crippen molar-refractivity contribution in [2.75, 3.05) is 11.1 Å². The summed E-state index contributed by atoms with van der Waals surface area (Å²) in [5, 5.41) is 5.83. The summed E-state index contributed by atoms with van der Waals surface area (Å²) in [5.74, 6) is -0.940. The fraction of sp³-hybridized carbons (Fsp3) is 0.115. The molecule has 9 nitrogen and oxygen atoms in total. The molecule has 12 heteroatoms. The third-order valence-corrected chi connectivity index (χ3v) is 6.23. The third kappa shape index (κ3) is 4.25. The standard InChI is InChI=1S/C26H20F3N7O2/c1-3-19(37)34-17-11-36-22(13(17)2)20(21-23(30)32-12-33-24(21)36)14-4-6-15(7-5-14)25(38)35-18-10-16(8-9-31-18)26(27,28)29/h3-10,12,17H,1-2,11H2,(H,34,37)(H2,30,32,33)(H,31,35,38)/t17-/m1/s1. The van der Waals surface area contributed by atoms with Crippen LogP contribution in [0.1, 0.15) is 21.6 Å². The number of aromatic nitrogens is 4. The van der Waals surface area contributed by atoms with Crippen molar-refractivity contribution in [3.05, 3.63) is 85.0 Å². The Bertz CT molecular complexity index is 1620. The normalized spacial score (nSPS) is 14.8. The molecule has 1 aliphatic rings. The molecule has 0 radical (unpaired) electrons. The lowest BCUT2D eigenvalue weighted by Gasteiger charge is -2.13. The first kappa shape index (κ1) is 24.7. The SMILES string of the molecule is C=CC(=O)N[C@@H]1Cn2c(c(-c3ccc(C(=O)Nc4cc(C(F)(F)F)ccn4)cc3)c3c(N)ncnc32)C1=C. The van der Waals surface area contributed by atoms with Crippen molar-refractivity contribution in [2.24, 2.45) is 0 Å². The highest BCUT2D eigenvalue weighted by molar-refractivity contribution is 6.08. The summed E-state index contributed by atoms with van der Waals surface area (Å²) < 4.78 is 40.8. The second kappa shape index (κ2) is 9.14. The van der Waals surface area contributed by atoms with Gasteiger partial charge in [0.1, 0.15) is 23.6 Å². The van der Waals surface area contributed by atoms with Crippen LogP contribution in [0.15, 0.2) is 68.2 Å². The van der Waals surface area contributed by atoms with E-state index in [4.69, 9.17) is 5.73 Å². The number of nitrogens with two attached hydrogens (primary N) is 1. The predicted molar refractivity (Wildman–Crippen MR) is 136 cm³/mol. The number of anilines is 2. The first-order valence-corrected chi connectivity index (χ1v) is 11.3. The zero-order valence-corrected chi connectivity index (χ0v) is 19.7. The third-order valence-electron chi connectivity index (χ3n) is 6.23. The Kier molecular flexibility index (Phi) is 5.94. The number of alkyl halides is 3. The van der Waals surface area contributed by atoms with Crippen molar-refractivity contribution in [3.63, 3.8) is 0 Å². The van der Waals surface area contributed by atoms with E-state index in [1.807, 2.05) is 4.57 Å². The first-order valence-electron chi connectivity index (χ1n) is 11.3. The molecule has 0 spiro atoms. The molecule has 5 rings (SSSR count). The maximum Gasteiger partial charge on any atom is 0.416 e. The van der Waals surface area contributed by atoms with Crippen molar-refractivity contribution in [3.8, 4) is 11.1 Å². The summed E-state index contributed by atoms with van der Waals surface area (Å²) in [6.07, 6.45) is -1.06. The molecule has 2 amide bonds. The number of hydrogen-bond donors (Lipinski definition) is 3. The lowest BCUT2D eigenvalue weighted by atomic mass is 9.97. The van der Waals surface area contributed by atoms with E-state index in [1.165, 1.54) is 24.5 Å². The molecule has 0 fully saturated rings. The van der Waals surface area contributed by atoms with Gasteiger partial charge < -0.3 is 20.9 Å². The second-order valence-corrected chi connectivity index (χ2v) is 8.54. The average molecular weight is 519 g/mol. The summed E-state index contributed by atoms with van der Waals surface area (Å²) in [6.45, 7) is 8.05. The number of rotatable bonds is 5. The molecule has 0 saturated heterocycles. The Balaban J connectivity index is 1.49. The molecule has 3 aromatic heterocycles. The van der Waals surface area contributed by atoms with E-state index in [2.05, 4.69) is 38.7 Å². The van der Waals surface area contributed by atoms with E-state index in [0.29, 0.717) is 40.0 Å². The van der Waals surface area contributed by atoms with Gasteiger partial charge in [-0.05, 0) is 41.5 Å². The van der Waals surface area contributed by atoms with E-state index in [9.17, 15) is 22.8 Å². The smallest absolute Gasteiger partial charge is 0.383 e. The summed E-state index contributed by atoms with van der Waals surface area (Å²) in [6, 6.07) is 7.62. The van der Waals surface area contributed by atoms with Crippen LogP contribution >= 0.6 is 0 Å². The Labute approximate surface area is 213 Å². The molecule has 4 heterocycles. The van der Waals surface area contributed by atoms with Crippen LogP contribution in [-0.2, 0) is 17.5 Å². The Hall–Kier alpha value is -5.00. The number of benzene rings is 1. The molecule has 38 heavy (non-hydrogen) atoms. The molecule has 0 unspecified atom stereocenters. The molecule has 4 aromatic rings. The summed E-state index contributed by atoms with van der Waals surface area (Å²) >= 11 is 0. The van der Waals surface area contributed by atoms with E-state index >= 15 is 0 Å². The maximum atomic E-state index is 13.0. The molecule has 0 aliphatic carbocycles. The largest absolute Gasteiger partial charge is 0.416 e. The Morgan fingerprint density at radius 2 is 1.87 bits per heavy atom. The highest BCUT2D eigenvalue weighted by Gasteiger charge is 2.34. The molecule has 192 valence electrons. The highest BCUT2D eigenvalue weighted by atomic mass is 19.4. The number of nitrogen functional groups attached to an aromatic ring is 1. The van der Waals surface area contributed by atoms with Gasteiger partial charge >= 0.3 is 6.18 Å². The van der Waals surface area contributed by atoms with Crippen molar-refractivity contribution >= 4 is 40.1 Å². The van der Waals surface area contributed by atoms with Gasteiger partial charge in [0.05, 0.1) is 22.7 Å². The lowest BCUT2D eigenvalue weighted by molar-refractivity contribution is -0.137. The molecule has 0 saturated carbocycles. The number of halogens is 3. The molecule has 4 N–H and O–H groups in total. The molecule has 1 aliphatic heterocycles. The first-order chi connectivity index (χ1) is 18.1. The second-order valence-electron chi connectivity index (χ2n) is 8.54. The number of amides is 2. The fourth-order valence-corrected chi connectivity index (χ4v) is 4.46. The number of fused-ring (bicyclic) bond motifs is 3. The van der Waals surface area contributed by atoms with Gasteiger partial charge in [-0.15, -0.1) is 0 Å². The molecule has 1 atom stereocenters. The van der Waals surface area contributed by atoms with E-state index < -0.39 is 17.6 Å². The zero-order valence-electron chi connectivity index (χ0n) is 19.7. The van der Waals surface area contributed by atoms with Crippen molar-refractivity contribution < 1.29 is 22.8 Å². The van der Waals surface area contributed by atoms with E-state index in [0.717, 1.165) is 18.3 Å². The van der Waals surface area contributed by atoms with Crippen molar-refractivity contribution in [1.82, 2.24) is 24.8 Å². The van der Waals surface area contributed by atoms with Crippen LogP contribution in [0.2, 0.25) is 0 Å². The maximum absolute atomic E-state index is 13.0. The van der Waals surface area contributed by atoms with Gasteiger partial charge in [-0.25, -0.2) is 15.0 Å². The molecular weight excluding hydrogens is 499 g/mol. The van der Waals surface area contributed by atoms with Crippen molar-refractivity contribution in [1.29, 1.82) is 0 Å². The van der Waals surface area contributed by atoms with Gasteiger partial charge in [-0.1, -0.05) is 25.3 Å². The minimum absolute atomic E-state index is 0.201. The number of carbonyl (C=O) groups excluding carboxylic acids is 2. The van der Waals surface area contributed by atoms with E-state index in [-0.39, 0.29) is 29.1 Å². The Morgan fingerprint density at radius 3 is 2.55 bits per heavy atom. The van der Waals surface area contributed by atoms with Gasteiger partial charge in [0.25, 0.3) is 5.91 Å². The number of pyridine rings is 1. The fourth-order valence-electron chi connectivity index (χ4n) is 4.46. The topological polar surface area (TPSA) is 128 Å². The monoisotopic (exact) mass is 519 g/mol. The number of hydrogen-bond acceptors (Lipinski definition) is 6. The van der Waals surface area contributed by atoms with Gasteiger partial charge in [0.15, 0.2) is 0 Å². The van der Waals surface area contributed by atoms with Crippen LogP contribution in [0.4, 0.5) is 24.8 Å². The molecule has 1 aromatic carbocycles. The average Bonchev–Trinajstić information content (AvgIpc) is 3.38. The minimum Gasteiger partial charge on any atom is -0.383 e. The van der Waals surface area contributed by atoms with Crippen molar-refractivity contribution in [2.45, 2.75) is 18.8 Å². The number of nitrogens with zero attached hydrogens (tertiary/aromatic N) is 4. The summed E-state index contributed by atoms with van der Waals surface area (Å²) in [4.78, 5) is 37.0. The lowest BCUT2D eigenvalue weighted by Crippen LogP contribution is -2.33. The summed E-state index contributed by atoms with van der Waals surface area (Å²) in [7, 11) is 0. The summed E-state index contributed by atoms with van der Waals surface area (Å²) in [5.41, 5.74) is 8.78. The quantitative estimate of drug-likeness (QED) is 0.342. The number of nitrogens with one attached hydrogen (secondary N) is 2. The van der Waals surface area contributed by atoms with Crippen LogP contribution in [0.3, 0.4) is 0 Å². The highest BCUT2D eigenvalue weighted by Crippen LogP contribution is 2.43. The van der Waals surface area contributed by atoms with Crippen LogP contribution in [0, 0.1) is 0 Å².